The average Bonchev–Trinajstić information content (AvgIpc) is 2.07. The summed E-state index contributed by atoms with van der Waals surface area (Å²) >= 11 is 2.03. The van der Waals surface area contributed by atoms with Gasteiger partial charge in [-0.05, 0) is 41.9 Å². The van der Waals surface area contributed by atoms with Crippen LogP contribution in [0.5, 0.6) is 0 Å². The fraction of sp³-hybridized carbons (Fsp3) is 0.857. The highest BCUT2D eigenvalue weighted by Gasteiger charge is 2.16. The van der Waals surface area contributed by atoms with Crippen LogP contribution in [0.2, 0.25) is 0 Å². The van der Waals surface area contributed by atoms with E-state index in [9.17, 15) is 4.79 Å². The first-order chi connectivity index (χ1) is 5.34. The molecular weight excluding hydrogens is 257 g/mol. The van der Waals surface area contributed by atoms with E-state index >= 15 is 0 Å². The average molecular weight is 269 g/mol. The van der Waals surface area contributed by atoms with E-state index < -0.39 is 0 Å². The van der Waals surface area contributed by atoms with Gasteiger partial charge in [0.1, 0.15) is 4.61 Å². The lowest BCUT2D eigenvalue weighted by molar-refractivity contribution is 0.113. The molecule has 0 aromatic heterocycles. The summed E-state index contributed by atoms with van der Waals surface area (Å²) in [6.45, 7) is 1.74. The maximum Gasteiger partial charge on any atom is 0.410 e. The van der Waals surface area contributed by atoms with E-state index in [0.717, 1.165) is 25.9 Å². The largest absolute Gasteiger partial charge is 0.439 e. The van der Waals surface area contributed by atoms with Crippen LogP contribution in [-0.4, -0.2) is 28.7 Å². The number of nitrogens with zero attached hydrogens (tertiary/aromatic N) is 1. The van der Waals surface area contributed by atoms with Crippen molar-refractivity contribution in [3.8, 4) is 0 Å². The van der Waals surface area contributed by atoms with Crippen molar-refractivity contribution in [3.63, 3.8) is 0 Å². The Morgan fingerprint density at radius 2 is 2.00 bits per heavy atom. The number of amides is 1. The number of hydrogen-bond donors (Lipinski definition) is 0. The summed E-state index contributed by atoms with van der Waals surface area (Å²) in [6.07, 6.45) is 3.33. The number of piperidine rings is 1. The summed E-state index contributed by atoms with van der Waals surface area (Å²) in [5, 5.41) is 0. The molecule has 11 heavy (non-hydrogen) atoms. The van der Waals surface area contributed by atoms with Crippen LogP contribution in [0.25, 0.3) is 0 Å². The molecular formula is C7H12INO2. The third-order valence-corrected chi connectivity index (χ3v) is 2.10. The molecule has 0 unspecified atom stereocenters. The Balaban J connectivity index is 2.27. The standard InChI is InChI=1S/C7H12INO2/c8-6-11-7(10)9-4-2-1-3-5-9/h1-6H2. The minimum Gasteiger partial charge on any atom is -0.439 e. The summed E-state index contributed by atoms with van der Waals surface area (Å²) in [4.78, 5) is 12.9. The van der Waals surface area contributed by atoms with Crippen LogP contribution in [0.3, 0.4) is 0 Å². The Hall–Kier alpha value is -0.0000000000000000555. The normalized spacial score (nSPS) is 18.1. The number of halogens is 1. The van der Waals surface area contributed by atoms with Crippen LogP contribution in [0, 0.1) is 0 Å². The zero-order valence-electron chi connectivity index (χ0n) is 6.38. The molecule has 0 saturated carbocycles. The van der Waals surface area contributed by atoms with Crippen molar-refractivity contribution in [1.82, 2.24) is 4.90 Å². The first-order valence-corrected chi connectivity index (χ1v) is 5.35. The number of alkyl halides is 1. The highest BCUT2D eigenvalue weighted by Crippen LogP contribution is 2.09. The van der Waals surface area contributed by atoms with Gasteiger partial charge in [-0.1, -0.05) is 0 Å². The third kappa shape index (κ3) is 2.84. The Kier molecular flexibility index (Phi) is 3.96. The van der Waals surface area contributed by atoms with Gasteiger partial charge in [0.15, 0.2) is 0 Å². The Bertz CT molecular complexity index is 134. The lowest BCUT2D eigenvalue weighted by atomic mass is 10.1. The van der Waals surface area contributed by atoms with Gasteiger partial charge in [0.05, 0.1) is 0 Å². The van der Waals surface area contributed by atoms with E-state index in [-0.39, 0.29) is 6.09 Å². The minimum atomic E-state index is -0.154. The van der Waals surface area contributed by atoms with E-state index in [4.69, 9.17) is 4.74 Å². The molecule has 4 heteroatoms. The van der Waals surface area contributed by atoms with E-state index in [0.29, 0.717) is 4.61 Å². The molecule has 1 fully saturated rings. The van der Waals surface area contributed by atoms with Gasteiger partial charge in [-0.15, -0.1) is 0 Å². The molecule has 0 aliphatic carbocycles. The molecule has 1 saturated heterocycles. The Morgan fingerprint density at radius 1 is 1.36 bits per heavy atom. The third-order valence-electron chi connectivity index (χ3n) is 1.79. The van der Waals surface area contributed by atoms with Crippen LogP contribution in [0.4, 0.5) is 4.79 Å². The predicted octanol–water partition coefficient (Wildman–Crippen LogP) is 2.00. The second-order valence-electron chi connectivity index (χ2n) is 2.57. The second kappa shape index (κ2) is 4.79. The molecule has 0 N–H and O–H groups in total. The zero-order valence-corrected chi connectivity index (χ0v) is 8.54. The molecule has 0 bridgehead atoms. The molecule has 1 aliphatic rings. The van der Waals surface area contributed by atoms with Crippen molar-refractivity contribution in [3.05, 3.63) is 0 Å². The molecule has 1 heterocycles. The van der Waals surface area contributed by atoms with Crippen LogP contribution in [-0.2, 0) is 4.74 Å². The first kappa shape index (κ1) is 9.09. The molecule has 0 aromatic carbocycles. The molecule has 0 spiro atoms. The summed E-state index contributed by atoms with van der Waals surface area (Å²) in [6, 6.07) is 0. The second-order valence-corrected chi connectivity index (χ2v) is 3.19. The summed E-state index contributed by atoms with van der Waals surface area (Å²) < 4.78 is 5.31. The summed E-state index contributed by atoms with van der Waals surface area (Å²) in [7, 11) is 0. The smallest absolute Gasteiger partial charge is 0.410 e. The van der Waals surface area contributed by atoms with Crippen molar-refractivity contribution in [1.29, 1.82) is 0 Å². The number of ether oxygens (including phenoxy) is 1. The van der Waals surface area contributed by atoms with Crippen LogP contribution >= 0.6 is 22.6 Å². The van der Waals surface area contributed by atoms with Crippen molar-refractivity contribution in [2.45, 2.75) is 19.3 Å². The van der Waals surface area contributed by atoms with E-state index in [2.05, 4.69) is 0 Å². The predicted molar refractivity (Wildman–Crippen MR) is 50.8 cm³/mol. The van der Waals surface area contributed by atoms with E-state index in [1.54, 1.807) is 4.90 Å². The van der Waals surface area contributed by atoms with Crippen LogP contribution in [0.1, 0.15) is 19.3 Å². The monoisotopic (exact) mass is 269 g/mol. The number of rotatable bonds is 1. The number of likely N-dealkylation sites (tertiary alicyclic amines) is 1. The zero-order chi connectivity index (χ0) is 8.10. The molecule has 3 nitrogen and oxygen atoms in total. The van der Waals surface area contributed by atoms with Gasteiger partial charge in [0.25, 0.3) is 0 Å². The fourth-order valence-corrected chi connectivity index (χ4v) is 1.48. The van der Waals surface area contributed by atoms with Gasteiger partial charge >= 0.3 is 6.09 Å². The maximum absolute atomic E-state index is 11.1. The Morgan fingerprint density at radius 3 is 2.55 bits per heavy atom. The van der Waals surface area contributed by atoms with Crippen molar-refractivity contribution in [2.75, 3.05) is 17.7 Å². The van der Waals surface area contributed by atoms with Gasteiger partial charge in [-0.3, -0.25) is 0 Å². The van der Waals surface area contributed by atoms with Crippen molar-refractivity contribution in [2.24, 2.45) is 0 Å². The highest BCUT2D eigenvalue weighted by molar-refractivity contribution is 14.1. The number of hydrogen-bond acceptors (Lipinski definition) is 2. The van der Waals surface area contributed by atoms with Gasteiger partial charge in [0.2, 0.25) is 0 Å². The maximum atomic E-state index is 11.1. The molecule has 64 valence electrons. The number of carbonyl (C=O) groups excluding carboxylic acids is 1. The quantitative estimate of drug-likeness (QED) is 0.538. The summed E-state index contributed by atoms with van der Waals surface area (Å²) in [5.41, 5.74) is 0. The minimum absolute atomic E-state index is 0.154. The van der Waals surface area contributed by atoms with E-state index in [1.165, 1.54) is 6.42 Å². The lowest BCUT2D eigenvalue weighted by Crippen LogP contribution is -2.35. The topological polar surface area (TPSA) is 29.5 Å². The molecule has 0 radical (unpaired) electrons. The highest BCUT2D eigenvalue weighted by atomic mass is 127. The molecule has 1 rings (SSSR count). The van der Waals surface area contributed by atoms with Gasteiger partial charge < -0.3 is 9.64 Å². The van der Waals surface area contributed by atoms with Crippen molar-refractivity contribution < 1.29 is 9.53 Å². The first-order valence-electron chi connectivity index (χ1n) is 3.82. The summed E-state index contributed by atoms with van der Waals surface area (Å²) in [5.74, 6) is 0. The Labute approximate surface area is 80.2 Å². The molecule has 0 atom stereocenters. The molecule has 1 amide bonds. The molecule has 0 aromatic rings. The van der Waals surface area contributed by atoms with Crippen LogP contribution in [0.15, 0.2) is 0 Å². The number of carbonyl (C=O) groups is 1. The fourth-order valence-electron chi connectivity index (χ4n) is 1.21. The van der Waals surface area contributed by atoms with Gasteiger partial charge in [-0.2, -0.15) is 0 Å². The van der Waals surface area contributed by atoms with E-state index in [1.807, 2.05) is 22.6 Å². The molecule has 1 aliphatic heterocycles. The lowest BCUT2D eigenvalue weighted by Gasteiger charge is -2.25. The van der Waals surface area contributed by atoms with Gasteiger partial charge in [-0.25, -0.2) is 4.79 Å². The SMILES string of the molecule is O=C(OCI)N1CCCCC1. The van der Waals surface area contributed by atoms with Crippen molar-refractivity contribution >= 4 is 28.7 Å². The van der Waals surface area contributed by atoms with Gasteiger partial charge in [0, 0.05) is 13.1 Å². The van der Waals surface area contributed by atoms with Crippen LogP contribution < -0.4 is 0 Å².